The molecule has 0 aliphatic carbocycles. The van der Waals surface area contributed by atoms with Gasteiger partial charge in [0, 0.05) is 0 Å². The van der Waals surface area contributed by atoms with E-state index in [1.54, 1.807) is 7.11 Å². The zero-order valence-corrected chi connectivity index (χ0v) is 19.8. The molecular formula is C28H28N2O5. The molecule has 0 saturated heterocycles. The summed E-state index contributed by atoms with van der Waals surface area (Å²) in [5.41, 5.74) is 2.74. The fourth-order valence-electron chi connectivity index (χ4n) is 3.54. The summed E-state index contributed by atoms with van der Waals surface area (Å²) in [6.45, 7) is 3.56. The average molecular weight is 473 g/mol. The predicted molar refractivity (Wildman–Crippen MR) is 136 cm³/mol. The lowest BCUT2D eigenvalue weighted by atomic mass is 10.1. The van der Waals surface area contributed by atoms with E-state index in [0.29, 0.717) is 49.2 Å². The Hall–Kier alpha value is -4.10. The average Bonchev–Trinajstić information content (AvgIpc) is 3.18. The first-order valence-electron chi connectivity index (χ1n) is 11.4. The Bertz CT molecular complexity index is 1190. The molecule has 180 valence electrons. The van der Waals surface area contributed by atoms with Crippen molar-refractivity contribution in [2.75, 3.05) is 38.5 Å². The first-order chi connectivity index (χ1) is 17.2. The van der Waals surface area contributed by atoms with Gasteiger partial charge in [-0.3, -0.25) is 4.79 Å². The van der Waals surface area contributed by atoms with E-state index in [9.17, 15) is 4.79 Å². The molecule has 0 unspecified atom stereocenters. The van der Waals surface area contributed by atoms with E-state index >= 15 is 0 Å². The fraction of sp³-hybridized carbons (Fsp3) is 0.214. The molecule has 3 aromatic carbocycles. The third-order valence-electron chi connectivity index (χ3n) is 5.29. The van der Waals surface area contributed by atoms with Gasteiger partial charge >= 0.3 is 0 Å². The molecule has 0 spiro atoms. The van der Waals surface area contributed by atoms with E-state index in [1.165, 1.54) is 5.01 Å². The minimum atomic E-state index is -0.165. The van der Waals surface area contributed by atoms with Gasteiger partial charge in [-0.2, -0.15) is 10.1 Å². The van der Waals surface area contributed by atoms with Crippen molar-refractivity contribution in [2.45, 2.75) is 6.92 Å². The van der Waals surface area contributed by atoms with E-state index < -0.39 is 0 Å². The highest BCUT2D eigenvalue weighted by Gasteiger charge is 2.28. The van der Waals surface area contributed by atoms with Gasteiger partial charge in [-0.15, -0.1) is 0 Å². The van der Waals surface area contributed by atoms with Crippen LogP contribution in [0.4, 0.5) is 5.69 Å². The van der Waals surface area contributed by atoms with Crippen molar-refractivity contribution in [3.63, 3.8) is 0 Å². The van der Waals surface area contributed by atoms with Gasteiger partial charge in [0.1, 0.15) is 19.0 Å². The minimum Gasteiger partial charge on any atom is -0.493 e. The van der Waals surface area contributed by atoms with Crippen molar-refractivity contribution in [2.24, 2.45) is 5.10 Å². The highest BCUT2D eigenvalue weighted by Crippen LogP contribution is 2.30. The molecule has 35 heavy (non-hydrogen) atoms. The summed E-state index contributed by atoms with van der Waals surface area (Å²) in [5.74, 6) is 1.83. The minimum absolute atomic E-state index is 0.165. The van der Waals surface area contributed by atoms with Crippen LogP contribution in [0.25, 0.3) is 6.08 Å². The number of nitrogens with zero attached hydrogens (tertiary/aromatic N) is 2. The van der Waals surface area contributed by atoms with Crippen LogP contribution in [0.2, 0.25) is 0 Å². The fourth-order valence-corrected chi connectivity index (χ4v) is 3.54. The van der Waals surface area contributed by atoms with Crippen LogP contribution in [0.1, 0.15) is 12.5 Å². The van der Waals surface area contributed by atoms with E-state index in [0.717, 1.165) is 17.0 Å². The smallest absolute Gasteiger partial charge is 0.280 e. The number of hydrogen-bond acceptors (Lipinski definition) is 6. The number of methoxy groups -OCH3 is 1. The van der Waals surface area contributed by atoms with Crippen molar-refractivity contribution in [3.8, 4) is 17.2 Å². The van der Waals surface area contributed by atoms with Gasteiger partial charge in [0.05, 0.1) is 37.3 Å². The number of carbonyl (C=O) groups excluding carboxylic acids is 1. The summed E-state index contributed by atoms with van der Waals surface area (Å²) >= 11 is 0. The molecule has 0 N–H and O–H groups in total. The van der Waals surface area contributed by atoms with E-state index in [1.807, 2.05) is 91.9 Å². The van der Waals surface area contributed by atoms with Crippen molar-refractivity contribution < 1.29 is 23.7 Å². The quantitative estimate of drug-likeness (QED) is 0.291. The third-order valence-corrected chi connectivity index (χ3v) is 5.29. The number of amides is 1. The normalized spacial score (nSPS) is 14.2. The van der Waals surface area contributed by atoms with Gasteiger partial charge in [-0.1, -0.05) is 42.5 Å². The number of ether oxygens (including phenoxy) is 4. The lowest BCUT2D eigenvalue weighted by Gasteiger charge is -2.12. The van der Waals surface area contributed by atoms with Gasteiger partial charge in [0.2, 0.25) is 0 Å². The van der Waals surface area contributed by atoms with Crippen LogP contribution < -0.4 is 19.2 Å². The molecule has 7 nitrogen and oxygen atoms in total. The molecule has 0 aromatic heterocycles. The highest BCUT2D eigenvalue weighted by atomic mass is 16.6. The van der Waals surface area contributed by atoms with Gasteiger partial charge < -0.3 is 18.9 Å². The molecule has 0 saturated carbocycles. The third kappa shape index (κ3) is 6.28. The largest absolute Gasteiger partial charge is 0.493 e. The first-order valence-corrected chi connectivity index (χ1v) is 11.4. The molecule has 3 aromatic rings. The summed E-state index contributed by atoms with van der Waals surface area (Å²) in [7, 11) is 1.58. The number of carbonyl (C=O) groups is 1. The van der Waals surface area contributed by atoms with Crippen LogP contribution >= 0.6 is 0 Å². The number of rotatable bonds is 11. The topological polar surface area (TPSA) is 69.6 Å². The molecule has 1 aliphatic heterocycles. The van der Waals surface area contributed by atoms with Crippen LogP contribution in [0.5, 0.6) is 17.2 Å². The highest BCUT2D eigenvalue weighted by molar-refractivity contribution is 6.32. The summed E-state index contributed by atoms with van der Waals surface area (Å²) in [6, 6.07) is 24.5. The van der Waals surface area contributed by atoms with E-state index in [2.05, 4.69) is 5.10 Å². The molecule has 7 heteroatoms. The Kier molecular flexibility index (Phi) is 8.14. The zero-order valence-electron chi connectivity index (χ0n) is 19.8. The Morgan fingerprint density at radius 3 is 2.23 bits per heavy atom. The summed E-state index contributed by atoms with van der Waals surface area (Å²) in [6.07, 6.45) is 1.81. The number of hydrazone groups is 1. The van der Waals surface area contributed by atoms with Crippen LogP contribution in [0.15, 0.2) is 89.5 Å². The van der Waals surface area contributed by atoms with Crippen molar-refractivity contribution in [1.82, 2.24) is 0 Å². The summed E-state index contributed by atoms with van der Waals surface area (Å²) in [4.78, 5) is 12.9. The Morgan fingerprint density at radius 2 is 1.51 bits per heavy atom. The maximum atomic E-state index is 12.9. The molecule has 1 aliphatic rings. The number of anilines is 1. The van der Waals surface area contributed by atoms with Crippen LogP contribution in [-0.4, -0.2) is 45.2 Å². The second-order valence-electron chi connectivity index (χ2n) is 7.73. The van der Waals surface area contributed by atoms with Gasteiger partial charge in [-0.25, -0.2) is 0 Å². The molecular weight excluding hydrogens is 444 g/mol. The number of para-hydroxylation sites is 2. The molecule has 0 fully saturated rings. The van der Waals surface area contributed by atoms with Crippen LogP contribution in [0, 0.1) is 0 Å². The molecule has 1 amide bonds. The summed E-state index contributed by atoms with van der Waals surface area (Å²) < 4.78 is 22.5. The van der Waals surface area contributed by atoms with E-state index in [-0.39, 0.29) is 5.91 Å². The Labute approximate surface area is 205 Å². The van der Waals surface area contributed by atoms with Crippen LogP contribution in [-0.2, 0) is 9.53 Å². The standard InChI is InChI=1S/C28H28N2O5/c1-21-25(28(31)30(29-21)23-9-5-3-6-10-23)19-22-13-14-26(27(20-22)32-2)35-18-16-33-15-17-34-24-11-7-4-8-12-24/h3-14,19-20H,15-18H2,1-2H3/b25-19+. The maximum absolute atomic E-state index is 12.9. The zero-order chi connectivity index (χ0) is 24.5. The lowest BCUT2D eigenvalue weighted by molar-refractivity contribution is -0.114. The monoisotopic (exact) mass is 472 g/mol. The lowest BCUT2D eigenvalue weighted by Crippen LogP contribution is -2.21. The molecule has 0 atom stereocenters. The number of hydrogen-bond donors (Lipinski definition) is 0. The van der Waals surface area contributed by atoms with Crippen LogP contribution in [0.3, 0.4) is 0 Å². The number of benzene rings is 3. The molecule has 1 heterocycles. The van der Waals surface area contributed by atoms with Crippen molar-refractivity contribution in [1.29, 1.82) is 0 Å². The molecule has 0 bridgehead atoms. The van der Waals surface area contributed by atoms with Crippen molar-refractivity contribution in [3.05, 3.63) is 90.0 Å². The van der Waals surface area contributed by atoms with Gasteiger partial charge in [0.15, 0.2) is 11.5 Å². The van der Waals surface area contributed by atoms with Gasteiger partial charge in [-0.05, 0) is 55.0 Å². The maximum Gasteiger partial charge on any atom is 0.280 e. The summed E-state index contributed by atoms with van der Waals surface area (Å²) in [5, 5.41) is 5.84. The van der Waals surface area contributed by atoms with E-state index in [4.69, 9.17) is 18.9 Å². The van der Waals surface area contributed by atoms with Gasteiger partial charge in [0.25, 0.3) is 5.91 Å². The Morgan fingerprint density at radius 1 is 0.829 bits per heavy atom. The SMILES string of the molecule is COc1cc(/C=C2/C(=O)N(c3ccccc3)N=C2C)ccc1OCCOCCOc1ccccc1. The van der Waals surface area contributed by atoms with Crippen molar-refractivity contribution >= 4 is 23.4 Å². The molecule has 4 rings (SSSR count). The Balaban J connectivity index is 1.30. The first kappa shape index (κ1) is 24.0. The second-order valence-corrected chi connectivity index (χ2v) is 7.73. The second kappa shape index (κ2) is 11.9. The predicted octanol–water partition coefficient (Wildman–Crippen LogP) is 4.98. The molecule has 0 radical (unpaired) electrons.